The first-order valence-electron chi connectivity index (χ1n) is 5.43. The third-order valence-electron chi connectivity index (χ3n) is 2.06. The minimum atomic E-state index is -4.42. The number of hydrogen-bond acceptors (Lipinski definition) is 4. The molecule has 3 nitrogen and oxygen atoms in total. The van der Waals surface area contributed by atoms with Gasteiger partial charge in [0.25, 0.3) is 0 Å². The molecule has 104 valence electrons. The summed E-state index contributed by atoms with van der Waals surface area (Å²) in [4.78, 5) is 3.80. The van der Waals surface area contributed by atoms with Crippen molar-refractivity contribution < 1.29 is 17.9 Å². The monoisotopic (exact) mass is 282 g/mol. The zero-order chi connectivity index (χ0) is 14.0. The van der Waals surface area contributed by atoms with Crippen LogP contribution in [0.4, 0.5) is 13.2 Å². The van der Waals surface area contributed by atoms with Crippen LogP contribution in [-0.4, -0.2) is 17.6 Å². The summed E-state index contributed by atoms with van der Waals surface area (Å²) in [5.41, 5.74) is -1.05. The predicted molar refractivity (Wildman–Crippen MR) is 64.4 cm³/mol. The van der Waals surface area contributed by atoms with Crippen LogP contribution in [0.1, 0.15) is 36.3 Å². The number of nitrogens with zero attached hydrogens (tertiary/aromatic N) is 1. The van der Waals surface area contributed by atoms with Gasteiger partial charge in [-0.15, -0.1) is 11.3 Å². The molecule has 0 bridgehead atoms. The average molecular weight is 282 g/mol. The number of aromatic nitrogens is 1. The van der Waals surface area contributed by atoms with Crippen LogP contribution in [0, 0.1) is 0 Å². The van der Waals surface area contributed by atoms with Crippen LogP contribution in [0.25, 0.3) is 0 Å². The molecule has 1 aromatic rings. The van der Waals surface area contributed by atoms with Gasteiger partial charge in [0.15, 0.2) is 5.69 Å². The fourth-order valence-electron chi connectivity index (χ4n) is 1.27. The molecule has 7 heteroatoms. The molecule has 0 saturated heterocycles. The van der Waals surface area contributed by atoms with E-state index in [1.165, 1.54) is 7.11 Å². The van der Waals surface area contributed by atoms with Gasteiger partial charge in [-0.1, -0.05) is 0 Å². The molecule has 1 heterocycles. The molecular formula is C11H17F3N2OS. The Labute approximate surface area is 108 Å². The molecule has 1 N–H and O–H groups in total. The largest absolute Gasteiger partial charge is 0.434 e. The summed E-state index contributed by atoms with van der Waals surface area (Å²) >= 11 is 1.03. The summed E-state index contributed by atoms with van der Waals surface area (Å²) < 4.78 is 43.2. The van der Waals surface area contributed by atoms with E-state index in [0.717, 1.165) is 11.3 Å². The average Bonchev–Trinajstić information content (AvgIpc) is 2.57. The number of methoxy groups -OCH3 is 1. The first-order valence-corrected chi connectivity index (χ1v) is 6.25. The number of alkyl halides is 3. The van der Waals surface area contributed by atoms with Crippen molar-refractivity contribution in [3.63, 3.8) is 0 Å². The summed E-state index contributed by atoms with van der Waals surface area (Å²) in [6.45, 7) is 5.95. The maximum absolute atomic E-state index is 12.8. The smallest absolute Gasteiger partial charge is 0.378 e. The molecule has 0 aliphatic carbocycles. The van der Waals surface area contributed by atoms with Gasteiger partial charge in [-0.2, -0.15) is 13.2 Å². The second-order valence-electron chi connectivity index (χ2n) is 4.91. The van der Waals surface area contributed by atoms with Crippen molar-refractivity contribution in [1.82, 2.24) is 10.3 Å². The molecule has 18 heavy (non-hydrogen) atoms. The molecule has 1 rings (SSSR count). The maximum atomic E-state index is 12.8. The van der Waals surface area contributed by atoms with E-state index in [1.54, 1.807) is 0 Å². The first-order chi connectivity index (χ1) is 8.13. The highest BCUT2D eigenvalue weighted by molar-refractivity contribution is 7.11. The Bertz CT molecular complexity index is 396. The molecule has 0 fully saturated rings. The Kier molecular flexibility index (Phi) is 4.74. The van der Waals surface area contributed by atoms with E-state index in [1.807, 2.05) is 20.8 Å². The molecule has 0 unspecified atom stereocenters. The molecule has 0 atom stereocenters. The Balaban J connectivity index is 2.93. The highest BCUT2D eigenvalue weighted by Gasteiger charge is 2.37. The van der Waals surface area contributed by atoms with E-state index in [2.05, 4.69) is 10.3 Å². The first kappa shape index (κ1) is 15.4. The van der Waals surface area contributed by atoms with Gasteiger partial charge in [0.2, 0.25) is 0 Å². The van der Waals surface area contributed by atoms with Crippen LogP contribution in [0.5, 0.6) is 0 Å². The third kappa shape index (κ3) is 4.55. The lowest BCUT2D eigenvalue weighted by atomic mass is 10.1. The molecular weight excluding hydrogens is 265 g/mol. The highest BCUT2D eigenvalue weighted by Crippen LogP contribution is 2.34. The Morgan fingerprint density at radius 3 is 2.33 bits per heavy atom. The van der Waals surface area contributed by atoms with Gasteiger partial charge in [-0.05, 0) is 20.8 Å². The van der Waals surface area contributed by atoms with E-state index in [-0.39, 0.29) is 23.6 Å². The maximum Gasteiger partial charge on any atom is 0.434 e. The van der Waals surface area contributed by atoms with E-state index in [0.29, 0.717) is 5.01 Å². The summed E-state index contributed by atoms with van der Waals surface area (Å²) in [6.07, 6.45) is -4.42. The molecule has 0 spiro atoms. The van der Waals surface area contributed by atoms with Crippen LogP contribution in [-0.2, 0) is 24.1 Å². The summed E-state index contributed by atoms with van der Waals surface area (Å²) in [6, 6.07) is 0. The van der Waals surface area contributed by atoms with E-state index in [9.17, 15) is 13.2 Å². The zero-order valence-corrected chi connectivity index (χ0v) is 11.6. The number of ether oxygens (including phenoxy) is 1. The van der Waals surface area contributed by atoms with Gasteiger partial charge in [0.05, 0.1) is 11.5 Å². The lowest BCUT2D eigenvalue weighted by Gasteiger charge is -2.20. The van der Waals surface area contributed by atoms with Crippen molar-refractivity contribution in [3.05, 3.63) is 15.6 Å². The van der Waals surface area contributed by atoms with Gasteiger partial charge in [-0.3, -0.25) is 0 Å². The van der Waals surface area contributed by atoms with Crippen molar-refractivity contribution >= 4 is 11.3 Å². The lowest BCUT2D eigenvalue weighted by Crippen LogP contribution is -2.35. The van der Waals surface area contributed by atoms with Crippen LogP contribution >= 0.6 is 11.3 Å². The van der Waals surface area contributed by atoms with E-state index < -0.39 is 11.9 Å². The van der Waals surface area contributed by atoms with Gasteiger partial charge in [-0.25, -0.2) is 4.98 Å². The van der Waals surface area contributed by atoms with Gasteiger partial charge in [0, 0.05) is 19.2 Å². The minimum Gasteiger partial charge on any atom is -0.378 e. The fourth-order valence-corrected chi connectivity index (χ4v) is 2.27. The van der Waals surface area contributed by atoms with Crippen LogP contribution in [0.15, 0.2) is 0 Å². The molecule has 1 aromatic heterocycles. The Morgan fingerprint density at radius 1 is 1.28 bits per heavy atom. The number of hydrogen-bond donors (Lipinski definition) is 1. The molecule has 0 radical (unpaired) electrons. The van der Waals surface area contributed by atoms with Crippen molar-refractivity contribution in [2.24, 2.45) is 0 Å². The Morgan fingerprint density at radius 2 is 1.89 bits per heavy atom. The van der Waals surface area contributed by atoms with Crippen molar-refractivity contribution in [3.8, 4) is 0 Å². The van der Waals surface area contributed by atoms with Gasteiger partial charge in [0.1, 0.15) is 5.01 Å². The molecule has 0 aliphatic rings. The van der Waals surface area contributed by atoms with Gasteiger partial charge >= 0.3 is 6.18 Å². The lowest BCUT2D eigenvalue weighted by molar-refractivity contribution is -0.141. The summed E-state index contributed by atoms with van der Waals surface area (Å²) in [5.74, 6) is 0. The van der Waals surface area contributed by atoms with Gasteiger partial charge < -0.3 is 10.1 Å². The number of nitrogens with one attached hydrogen (secondary N) is 1. The summed E-state index contributed by atoms with van der Waals surface area (Å²) in [5, 5.41) is 3.38. The standard InChI is InChI=1S/C11H17F3N2OS/c1-10(2,3)15-5-7-9(11(12,13)14)16-8(18-7)6-17-4/h15H,5-6H2,1-4H3. The predicted octanol–water partition coefficient (Wildman–Crippen LogP) is 3.20. The molecule has 0 aromatic carbocycles. The van der Waals surface area contributed by atoms with Crippen molar-refractivity contribution in [2.45, 2.75) is 45.6 Å². The van der Waals surface area contributed by atoms with Crippen LogP contribution in [0.3, 0.4) is 0 Å². The molecule has 0 aliphatic heterocycles. The second-order valence-corrected chi connectivity index (χ2v) is 6.08. The quantitative estimate of drug-likeness (QED) is 0.921. The van der Waals surface area contributed by atoms with Crippen molar-refractivity contribution in [2.75, 3.05) is 7.11 Å². The number of rotatable bonds is 4. The van der Waals surface area contributed by atoms with E-state index >= 15 is 0 Å². The van der Waals surface area contributed by atoms with Crippen LogP contribution in [0.2, 0.25) is 0 Å². The second kappa shape index (κ2) is 5.54. The number of thiazole rings is 1. The summed E-state index contributed by atoms with van der Waals surface area (Å²) in [7, 11) is 1.43. The highest BCUT2D eigenvalue weighted by atomic mass is 32.1. The minimum absolute atomic E-state index is 0.100. The number of halogens is 3. The van der Waals surface area contributed by atoms with Crippen LogP contribution < -0.4 is 5.32 Å². The van der Waals surface area contributed by atoms with Crippen molar-refractivity contribution in [1.29, 1.82) is 0 Å². The SMILES string of the molecule is COCc1nc(C(F)(F)F)c(CNC(C)(C)C)s1. The normalized spacial score (nSPS) is 13.1. The van der Waals surface area contributed by atoms with E-state index in [4.69, 9.17) is 4.74 Å². The topological polar surface area (TPSA) is 34.1 Å². The third-order valence-corrected chi connectivity index (χ3v) is 3.09. The fraction of sp³-hybridized carbons (Fsp3) is 0.727. The molecule has 0 amide bonds. The molecule has 0 saturated carbocycles. The zero-order valence-electron chi connectivity index (χ0n) is 10.8. The Hall–Kier alpha value is -0.660.